The highest BCUT2D eigenvalue weighted by Gasteiger charge is 2.39. The number of amides is 3. The Bertz CT molecular complexity index is 633. The lowest BCUT2D eigenvalue weighted by atomic mass is 9.97. The molecule has 4 N–H and O–H groups in total. The second kappa shape index (κ2) is 5.64. The minimum absolute atomic E-state index is 0.0298. The SMILES string of the molecule is NC1NC(=O)NC(=O)C1C(=O)CN1CCOc2ccccc21. The van der Waals surface area contributed by atoms with Crippen LogP contribution in [0.5, 0.6) is 5.75 Å². The molecule has 116 valence electrons. The van der Waals surface area contributed by atoms with Gasteiger partial charge >= 0.3 is 6.03 Å². The number of rotatable bonds is 3. The molecule has 8 nitrogen and oxygen atoms in total. The van der Waals surface area contributed by atoms with Crippen molar-refractivity contribution in [3.8, 4) is 5.75 Å². The number of anilines is 1. The largest absolute Gasteiger partial charge is 0.490 e. The van der Waals surface area contributed by atoms with Crippen molar-refractivity contribution in [2.75, 3.05) is 24.6 Å². The summed E-state index contributed by atoms with van der Waals surface area (Å²) in [5.41, 5.74) is 6.51. The first-order chi connectivity index (χ1) is 10.6. The van der Waals surface area contributed by atoms with Crippen molar-refractivity contribution in [1.82, 2.24) is 10.6 Å². The number of hydrogen-bond donors (Lipinski definition) is 3. The van der Waals surface area contributed by atoms with Crippen LogP contribution in [-0.4, -0.2) is 43.6 Å². The van der Waals surface area contributed by atoms with Gasteiger partial charge in [-0.2, -0.15) is 0 Å². The van der Waals surface area contributed by atoms with Crippen molar-refractivity contribution < 1.29 is 19.1 Å². The molecular formula is C14H16N4O4. The second-order valence-corrected chi connectivity index (χ2v) is 5.17. The maximum absolute atomic E-state index is 12.4. The Morgan fingerprint density at radius 3 is 2.91 bits per heavy atom. The fraction of sp³-hybridized carbons (Fsp3) is 0.357. The Balaban J connectivity index is 1.75. The summed E-state index contributed by atoms with van der Waals surface area (Å²) in [4.78, 5) is 37.2. The van der Waals surface area contributed by atoms with E-state index >= 15 is 0 Å². The molecule has 2 aliphatic heterocycles. The molecule has 0 aliphatic carbocycles. The van der Waals surface area contributed by atoms with Crippen molar-refractivity contribution in [2.24, 2.45) is 11.7 Å². The number of urea groups is 1. The highest BCUT2D eigenvalue weighted by atomic mass is 16.5. The van der Waals surface area contributed by atoms with Crippen LogP contribution >= 0.6 is 0 Å². The molecule has 2 heterocycles. The summed E-state index contributed by atoms with van der Waals surface area (Å²) < 4.78 is 5.52. The van der Waals surface area contributed by atoms with Crippen LogP contribution in [0.4, 0.5) is 10.5 Å². The molecule has 3 amide bonds. The summed E-state index contributed by atoms with van der Waals surface area (Å²) in [7, 11) is 0. The van der Waals surface area contributed by atoms with E-state index in [1.165, 1.54) is 0 Å². The summed E-state index contributed by atoms with van der Waals surface area (Å²) in [5.74, 6) is -1.40. The molecule has 1 aromatic rings. The molecule has 0 saturated carbocycles. The number of para-hydroxylation sites is 2. The minimum Gasteiger partial charge on any atom is -0.490 e. The molecule has 3 rings (SSSR count). The number of imide groups is 1. The first-order valence-electron chi connectivity index (χ1n) is 6.92. The summed E-state index contributed by atoms with van der Waals surface area (Å²) in [5, 5.41) is 4.40. The molecule has 0 aromatic heterocycles. The van der Waals surface area contributed by atoms with E-state index < -0.39 is 24.0 Å². The van der Waals surface area contributed by atoms with Crippen molar-refractivity contribution in [3.05, 3.63) is 24.3 Å². The standard InChI is InChI=1S/C14H16N4O4/c15-12-11(13(20)17-14(21)16-12)9(19)7-18-5-6-22-10-4-2-1-3-8(10)18/h1-4,11-12H,5-7,15H2,(H2,16,17,20,21). The van der Waals surface area contributed by atoms with E-state index in [0.29, 0.717) is 18.9 Å². The third-order valence-corrected chi connectivity index (χ3v) is 3.69. The third-order valence-electron chi connectivity index (χ3n) is 3.69. The van der Waals surface area contributed by atoms with E-state index in [-0.39, 0.29) is 12.3 Å². The number of ketones is 1. The van der Waals surface area contributed by atoms with Gasteiger partial charge in [0.25, 0.3) is 0 Å². The van der Waals surface area contributed by atoms with Crippen molar-refractivity contribution in [1.29, 1.82) is 0 Å². The number of carbonyl (C=O) groups is 3. The predicted octanol–water partition coefficient (Wildman–Crippen LogP) is -0.805. The maximum Gasteiger partial charge on any atom is 0.322 e. The lowest BCUT2D eigenvalue weighted by Crippen LogP contribution is -2.64. The summed E-state index contributed by atoms with van der Waals surface area (Å²) in [6.45, 7) is 1.03. The minimum atomic E-state index is -1.09. The van der Waals surface area contributed by atoms with Crippen molar-refractivity contribution >= 4 is 23.4 Å². The number of carbonyl (C=O) groups excluding carboxylic acids is 3. The molecule has 22 heavy (non-hydrogen) atoms. The highest BCUT2D eigenvalue weighted by molar-refractivity contribution is 6.10. The number of benzene rings is 1. The molecule has 2 aliphatic rings. The highest BCUT2D eigenvalue weighted by Crippen LogP contribution is 2.30. The number of ether oxygens (including phenoxy) is 1. The number of hydrogen-bond acceptors (Lipinski definition) is 6. The smallest absolute Gasteiger partial charge is 0.322 e. The number of fused-ring (bicyclic) bond motifs is 1. The van der Waals surface area contributed by atoms with Gasteiger partial charge in [-0.3, -0.25) is 14.9 Å². The Morgan fingerprint density at radius 1 is 1.36 bits per heavy atom. The van der Waals surface area contributed by atoms with Crippen LogP contribution in [0.1, 0.15) is 0 Å². The van der Waals surface area contributed by atoms with Gasteiger partial charge in [0.05, 0.1) is 24.9 Å². The Morgan fingerprint density at radius 2 is 2.14 bits per heavy atom. The topological polar surface area (TPSA) is 114 Å². The zero-order valence-electron chi connectivity index (χ0n) is 11.7. The summed E-state index contributed by atoms with van der Waals surface area (Å²) in [6, 6.07) is 6.70. The van der Waals surface area contributed by atoms with E-state index in [1.807, 2.05) is 29.2 Å². The Kier molecular flexibility index (Phi) is 3.68. The fourth-order valence-electron chi connectivity index (χ4n) is 2.65. The van der Waals surface area contributed by atoms with Crippen molar-refractivity contribution in [2.45, 2.75) is 6.17 Å². The second-order valence-electron chi connectivity index (χ2n) is 5.17. The molecule has 0 spiro atoms. The number of nitrogens with two attached hydrogens (primary N) is 1. The molecule has 1 saturated heterocycles. The Hall–Kier alpha value is -2.61. The van der Waals surface area contributed by atoms with Gasteiger partial charge in [0.2, 0.25) is 5.91 Å². The maximum atomic E-state index is 12.4. The van der Waals surface area contributed by atoms with Crippen LogP contribution in [-0.2, 0) is 9.59 Å². The molecule has 2 atom stereocenters. The van der Waals surface area contributed by atoms with E-state index in [1.54, 1.807) is 0 Å². The van der Waals surface area contributed by atoms with Crippen LogP contribution in [0, 0.1) is 5.92 Å². The van der Waals surface area contributed by atoms with Gasteiger partial charge < -0.3 is 20.7 Å². The van der Waals surface area contributed by atoms with Crippen LogP contribution in [0.15, 0.2) is 24.3 Å². The van der Waals surface area contributed by atoms with Crippen LogP contribution in [0.25, 0.3) is 0 Å². The van der Waals surface area contributed by atoms with Gasteiger partial charge in [0.15, 0.2) is 5.78 Å². The van der Waals surface area contributed by atoms with Crippen LogP contribution in [0.2, 0.25) is 0 Å². The molecule has 1 aromatic carbocycles. The average molecular weight is 304 g/mol. The summed E-state index contributed by atoms with van der Waals surface area (Å²) in [6.07, 6.45) is -1.01. The molecule has 0 bridgehead atoms. The summed E-state index contributed by atoms with van der Waals surface area (Å²) >= 11 is 0. The van der Waals surface area contributed by atoms with E-state index in [2.05, 4.69) is 10.6 Å². The number of nitrogens with one attached hydrogen (secondary N) is 2. The van der Waals surface area contributed by atoms with E-state index in [9.17, 15) is 14.4 Å². The first-order valence-corrected chi connectivity index (χ1v) is 6.92. The zero-order chi connectivity index (χ0) is 15.7. The lowest BCUT2D eigenvalue weighted by Gasteiger charge is -2.33. The first kappa shape index (κ1) is 14.3. The molecular weight excluding hydrogens is 288 g/mol. The quantitative estimate of drug-likeness (QED) is 0.630. The molecule has 1 fully saturated rings. The molecule has 2 unspecified atom stereocenters. The van der Waals surface area contributed by atoms with Gasteiger partial charge in [-0.1, -0.05) is 12.1 Å². The third kappa shape index (κ3) is 2.60. The normalized spacial score (nSPS) is 24.0. The van der Waals surface area contributed by atoms with E-state index in [0.717, 1.165) is 5.69 Å². The fourth-order valence-corrected chi connectivity index (χ4v) is 2.65. The average Bonchev–Trinajstić information content (AvgIpc) is 2.46. The van der Waals surface area contributed by atoms with Gasteiger partial charge in [0, 0.05) is 0 Å². The lowest BCUT2D eigenvalue weighted by molar-refractivity contribution is -0.134. The van der Waals surface area contributed by atoms with Gasteiger partial charge in [-0.05, 0) is 12.1 Å². The number of Topliss-reactive ketones (excluding diaryl/α,β-unsaturated/α-hetero) is 1. The van der Waals surface area contributed by atoms with Gasteiger partial charge in [-0.15, -0.1) is 0 Å². The molecule has 0 radical (unpaired) electrons. The van der Waals surface area contributed by atoms with Crippen molar-refractivity contribution in [3.63, 3.8) is 0 Å². The van der Waals surface area contributed by atoms with E-state index in [4.69, 9.17) is 10.5 Å². The van der Waals surface area contributed by atoms with Gasteiger partial charge in [0.1, 0.15) is 18.3 Å². The predicted molar refractivity (Wildman–Crippen MR) is 77.3 cm³/mol. The van der Waals surface area contributed by atoms with Gasteiger partial charge in [-0.25, -0.2) is 4.79 Å². The zero-order valence-corrected chi connectivity index (χ0v) is 11.7. The Labute approximate surface area is 126 Å². The monoisotopic (exact) mass is 304 g/mol. The van der Waals surface area contributed by atoms with Crippen LogP contribution in [0.3, 0.4) is 0 Å². The van der Waals surface area contributed by atoms with Crippen LogP contribution < -0.4 is 26.0 Å². The molecule has 8 heteroatoms. The number of nitrogens with zero attached hydrogens (tertiary/aromatic N) is 1.